The topological polar surface area (TPSA) is 101 Å². The van der Waals surface area contributed by atoms with Crippen LogP contribution in [0.15, 0.2) is 11.1 Å². The van der Waals surface area contributed by atoms with Crippen molar-refractivity contribution in [3.8, 4) is 0 Å². The normalized spacial score (nSPS) is 42.4. The van der Waals surface area contributed by atoms with Crippen LogP contribution in [0.3, 0.4) is 0 Å². The van der Waals surface area contributed by atoms with Crippen molar-refractivity contribution in [2.45, 2.75) is 112 Å². The highest BCUT2D eigenvalue weighted by Crippen LogP contribution is 2.71. The van der Waals surface area contributed by atoms with Crippen molar-refractivity contribution >= 4 is 17.5 Å². The molecule has 2 saturated carbocycles. The van der Waals surface area contributed by atoms with Gasteiger partial charge in [0, 0.05) is 30.3 Å². The second-order valence-electron chi connectivity index (χ2n) is 14.2. The van der Waals surface area contributed by atoms with Crippen LogP contribution in [-0.4, -0.2) is 47.1 Å². The summed E-state index contributed by atoms with van der Waals surface area (Å²) in [6.07, 6.45) is 3.66. The number of hydrogen-bond acceptors (Lipinski definition) is 6. The molecule has 2 N–H and O–H groups in total. The Labute approximate surface area is 222 Å². The average molecular weight is 517 g/mol. The van der Waals surface area contributed by atoms with Crippen LogP contribution in [-0.2, 0) is 19.1 Å². The number of methoxy groups -OCH3 is 1. The third-order valence-corrected chi connectivity index (χ3v) is 12.0. The molecule has 6 heteroatoms. The van der Waals surface area contributed by atoms with Crippen LogP contribution in [0.4, 0.5) is 0 Å². The van der Waals surface area contributed by atoms with E-state index in [1.807, 2.05) is 0 Å². The Kier molecular flexibility index (Phi) is 7.15. The lowest BCUT2D eigenvalue weighted by atomic mass is 9.43. The number of esters is 1. The van der Waals surface area contributed by atoms with Gasteiger partial charge < -0.3 is 14.9 Å². The molecule has 2 fully saturated rings. The zero-order chi connectivity index (χ0) is 27.7. The Balaban J connectivity index is 1.66. The summed E-state index contributed by atoms with van der Waals surface area (Å²) in [5.74, 6) is -0.388. The SMILES string of the molecule is COC(=O)[C@H](C)CC(=O)C[C@@H](C)[C@H]1C[C@H](O)[C@@]2(C)C3=C(C(=O)C[C@]12C)[C@@]1(C)CC[C@H](O)C(C)(C)[C@@H]1CC3. The first-order valence-corrected chi connectivity index (χ1v) is 14.3. The van der Waals surface area contributed by atoms with E-state index in [1.54, 1.807) is 6.92 Å². The van der Waals surface area contributed by atoms with Crippen LogP contribution in [0.5, 0.6) is 0 Å². The average Bonchev–Trinajstić information content (AvgIpc) is 3.02. The fraction of sp³-hybridized carbons (Fsp3) is 0.839. The maximum atomic E-state index is 14.1. The van der Waals surface area contributed by atoms with Crippen molar-refractivity contribution < 1.29 is 29.3 Å². The van der Waals surface area contributed by atoms with E-state index in [1.165, 1.54) is 7.11 Å². The van der Waals surface area contributed by atoms with Gasteiger partial charge in [0.05, 0.1) is 25.2 Å². The second kappa shape index (κ2) is 9.29. The molecule has 0 spiro atoms. The fourth-order valence-corrected chi connectivity index (χ4v) is 9.65. The minimum absolute atomic E-state index is 0.00976. The van der Waals surface area contributed by atoms with Crippen LogP contribution in [0.25, 0.3) is 0 Å². The van der Waals surface area contributed by atoms with Gasteiger partial charge in [0.25, 0.3) is 0 Å². The molecule has 9 atom stereocenters. The summed E-state index contributed by atoms with van der Waals surface area (Å²) in [4.78, 5) is 38.8. The van der Waals surface area contributed by atoms with E-state index in [-0.39, 0.29) is 58.6 Å². The molecule has 4 aliphatic rings. The Hall–Kier alpha value is -1.53. The molecule has 0 aromatic carbocycles. The lowest BCUT2D eigenvalue weighted by Crippen LogP contribution is -2.58. The van der Waals surface area contributed by atoms with Gasteiger partial charge >= 0.3 is 5.97 Å². The van der Waals surface area contributed by atoms with E-state index in [0.29, 0.717) is 25.7 Å². The van der Waals surface area contributed by atoms with Crippen LogP contribution < -0.4 is 0 Å². The molecule has 0 aliphatic heterocycles. The van der Waals surface area contributed by atoms with E-state index < -0.39 is 22.9 Å². The predicted molar refractivity (Wildman–Crippen MR) is 141 cm³/mol. The minimum atomic E-state index is -0.575. The summed E-state index contributed by atoms with van der Waals surface area (Å²) in [5.41, 5.74) is 0.569. The summed E-state index contributed by atoms with van der Waals surface area (Å²) >= 11 is 0. The summed E-state index contributed by atoms with van der Waals surface area (Å²) in [6, 6.07) is 0. The Morgan fingerprint density at radius 3 is 2.30 bits per heavy atom. The first-order valence-electron chi connectivity index (χ1n) is 14.3. The van der Waals surface area contributed by atoms with E-state index in [4.69, 9.17) is 4.74 Å². The molecule has 0 amide bonds. The van der Waals surface area contributed by atoms with Crippen molar-refractivity contribution in [1.29, 1.82) is 0 Å². The molecule has 0 aromatic heterocycles. The van der Waals surface area contributed by atoms with Gasteiger partial charge in [-0.3, -0.25) is 14.4 Å². The number of rotatable bonds is 6. The van der Waals surface area contributed by atoms with Crippen molar-refractivity contribution in [2.24, 2.45) is 45.3 Å². The summed E-state index contributed by atoms with van der Waals surface area (Å²) < 4.78 is 4.78. The molecule has 4 rings (SSSR count). The molecule has 0 radical (unpaired) electrons. The fourth-order valence-electron chi connectivity index (χ4n) is 9.65. The van der Waals surface area contributed by atoms with Gasteiger partial charge in [-0.1, -0.05) is 54.0 Å². The van der Waals surface area contributed by atoms with Gasteiger partial charge in [-0.15, -0.1) is 0 Å². The maximum Gasteiger partial charge on any atom is 0.308 e. The number of ether oxygens (including phenoxy) is 1. The van der Waals surface area contributed by atoms with Gasteiger partial charge in [-0.2, -0.15) is 0 Å². The van der Waals surface area contributed by atoms with Crippen LogP contribution in [0.1, 0.15) is 99.8 Å². The quantitative estimate of drug-likeness (QED) is 0.480. The highest BCUT2D eigenvalue weighted by Gasteiger charge is 2.68. The van der Waals surface area contributed by atoms with E-state index in [0.717, 1.165) is 30.4 Å². The van der Waals surface area contributed by atoms with E-state index in [2.05, 4.69) is 41.5 Å². The molecule has 0 heterocycles. The van der Waals surface area contributed by atoms with Crippen LogP contribution in [0, 0.1) is 45.3 Å². The summed E-state index contributed by atoms with van der Waals surface area (Å²) in [7, 11) is 1.33. The van der Waals surface area contributed by atoms with Crippen LogP contribution in [0.2, 0.25) is 0 Å². The lowest BCUT2D eigenvalue weighted by Gasteiger charge is -2.61. The minimum Gasteiger partial charge on any atom is -0.469 e. The molecule has 37 heavy (non-hydrogen) atoms. The number of fused-ring (bicyclic) bond motifs is 4. The Morgan fingerprint density at radius 1 is 1.03 bits per heavy atom. The summed E-state index contributed by atoms with van der Waals surface area (Å²) in [6.45, 7) is 14.6. The smallest absolute Gasteiger partial charge is 0.308 e. The highest BCUT2D eigenvalue weighted by atomic mass is 16.5. The molecule has 6 nitrogen and oxygen atoms in total. The molecule has 208 valence electrons. The van der Waals surface area contributed by atoms with Crippen LogP contribution >= 0.6 is 0 Å². The molecule has 0 saturated heterocycles. The number of aliphatic hydroxyl groups is 2. The molecular formula is C31H48O6. The molecule has 0 unspecified atom stereocenters. The molecule has 0 bridgehead atoms. The third kappa shape index (κ3) is 3.99. The highest BCUT2D eigenvalue weighted by molar-refractivity contribution is 6.00. The Morgan fingerprint density at radius 2 is 1.68 bits per heavy atom. The van der Waals surface area contributed by atoms with Crippen molar-refractivity contribution in [3.05, 3.63) is 11.1 Å². The van der Waals surface area contributed by atoms with E-state index in [9.17, 15) is 24.6 Å². The summed E-state index contributed by atoms with van der Waals surface area (Å²) in [5, 5.41) is 22.5. The number of hydrogen-bond donors (Lipinski definition) is 2. The first kappa shape index (κ1) is 28.5. The van der Waals surface area contributed by atoms with Crippen molar-refractivity contribution in [3.63, 3.8) is 0 Å². The maximum absolute atomic E-state index is 14.1. The number of carbonyl (C=O) groups is 3. The third-order valence-electron chi connectivity index (χ3n) is 12.0. The van der Waals surface area contributed by atoms with Gasteiger partial charge in [0.15, 0.2) is 5.78 Å². The number of aliphatic hydroxyl groups excluding tert-OH is 2. The molecule has 0 aromatic rings. The van der Waals surface area contributed by atoms with Gasteiger partial charge in [-0.05, 0) is 66.1 Å². The lowest BCUT2D eigenvalue weighted by molar-refractivity contribution is -0.146. The second-order valence-corrected chi connectivity index (χ2v) is 14.2. The van der Waals surface area contributed by atoms with Gasteiger partial charge in [0.1, 0.15) is 5.78 Å². The Bertz CT molecular complexity index is 1010. The monoisotopic (exact) mass is 516 g/mol. The van der Waals surface area contributed by atoms with E-state index >= 15 is 0 Å². The van der Waals surface area contributed by atoms with Gasteiger partial charge in [0.2, 0.25) is 0 Å². The van der Waals surface area contributed by atoms with Crippen molar-refractivity contribution in [1.82, 2.24) is 0 Å². The van der Waals surface area contributed by atoms with Gasteiger partial charge in [-0.25, -0.2) is 0 Å². The number of ketones is 2. The molecular weight excluding hydrogens is 468 g/mol. The number of Topliss-reactive ketones (excluding diaryl/α,β-unsaturated/α-hetero) is 2. The zero-order valence-electron chi connectivity index (χ0n) is 24.1. The predicted octanol–water partition coefficient (Wildman–Crippen LogP) is 5.04. The first-order chi connectivity index (χ1) is 17.1. The number of allylic oxidation sites excluding steroid dienone is 1. The zero-order valence-corrected chi connectivity index (χ0v) is 24.1. The largest absolute Gasteiger partial charge is 0.469 e. The van der Waals surface area contributed by atoms with Crippen molar-refractivity contribution in [2.75, 3.05) is 7.11 Å². The standard InChI is InChI=1S/C31H48O6/c1-17(13-19(32)14-18(2)27(36)37-8)21-15-25(35)31(7)20-9-10-23-28(3,4)24(34)11-12-29(23,5)26(20)22(33)16-30(21,31)6/h17-18,21,23-25,34-35H,9-16H2,1-8H3/t17-,18-,21-,23+,24+,25+,29+,30-,31-/m1/s1. The number of carbonyl (C=O) groups excluding carboxylic acids is 3. The molecule has 4 aliphatic carbocycles.